The number of halogens is 1. The van der Waals surface area contributed by atoms with Crippen molar-refractivity contribution in [2.75, 3.05) is 0 Å². The first-order chi connectivity index (χ1) is 11.7. The maximum Gasteiger partial charge on any atom is 0.190 e. The second-order valence-corrected chi connectivity index (χ2v) is 6.35. The number of carbonyl (C=O) groups is 1. The number of Topliss-reactive ketones (excluding diaryl/α,β-unsaturated/α-hetero) is 1. The first-order valence-electron chi connectivity index (χ1n) is 7.90. The zero-order valence-electron chi connectivity index (χ0n) is 12.9. The van der Waals surface area contributed by atoms with Crippen LogP contribution in [-0.2, 0) is 0 Å². The Labute approximate surface area is 146 Å². The van der Waals surface area contributed by atoms with Crippen molar-refractivity contribution in [1.29, 1.82) is 0 Å². The fraction of sp³-hybridized carbons (Fsp3) is 0.0455. The Morgan fingerprint density at radius 2 is 1.46 bits per heavy atom. The van der Waals surface area contributed by atoms with E-state index in [2.05, 4.69) is 12.1 Å². The van der Waals surface area contributed by atoms with Gasteiger partial charge in [0.1, 0.15) is 0 Å². The van der Waals surface area contributed by atoms with Crippen LogP contribution in [0.25, 0.3) is 6.08 Å². The van der Waals surface area contributed by atoms with E-state index in [9.17, 15) is 4.79 Å². The molecule has 24 heavy (non-hydrogen) atoms. The summed E-state index contributed by atoms with van der Waals surface area (Å²) < 4.78 is 0. The molecule has 1 aliphatic rings. The van der Waals surface area contributed by atoms with E-state index in [1.165, 1.54) is 0 Å². The highest BCUT2D eigenvalue weighted by molar-refractivity contribution is 6.30. The lowest BCUT2D eigenvalue weighted by Gasteiger charge is -2.13. The van der Waals surface area contributed by atoms with E-state index < -0.39 is 0 Å². The Kier molecular flexibility index (Phi) is 3.79. The van der Waals surface area contributed by atoms with Crippen molar-refractivity contribution in [2.24, 2.45) is 0 Å². The molecule has 0 saturated heterocycles. The highest BCUT2D eigenvalue weighted by Crippen LogP contribution is 2.42. The van der Waals surface area contributed by atoms with Crippen molar-refractivity contribution in [3.8, 4) is 0 Å². The number of rotatable bonds is 2. The van der Waals surface area contributed by atoms with Crippen molar-refractivity contribution in [1.82, 2.24) is 0 Å². The zero-order valence-corrected chi connectivity index (χ0v) is 13.7. The molecule has 0 N–H and O–H groups in total. The largest absolute Gasteiger partial charge is 0.289 e. The molecule has 1 atom stereocenters. The minimum atomic E-state index is -0.0226. The fourth-order valence-corrected chi connectivity index (χ4v) is 3.43. The number of hydrogen-bond donors (Lipinski definition) is 0. The Balaban J connectivity index is 1.88. The number of carbonyl (C=O) groups excluding carboxylic acids is 1. The van der Waals surface area contributed by atoms with Gasteiger partial charge in [-0.2, -0.15) is 0 Å². The lowest BCUT2D eigenvalue weighted by Crippen LogP contribution is -2.02. The van der Waals surface area contributed by atoms with Crippen LogP contribution in [0, 0.1) is 0 Å². The molecule has 4 rings (SSSR count). The van der Waals surface area contributed by atoms with Crippen LogP contribution in [0.4, 0.5) is 0 Å². The summed E-state index contributed by atoms with van der Waals surface area (Å²) in [5.74, 6) is 0.0833. The van der Waals surface area contributed by atoms with Crippen LogP contribution in [0.15, 0.2) is 84.4 Å². The molecule has 0 heterocycles. The van der Waals surface area contributed by atoms with Crippen LogP contribution in [0.3, 0.4) is 0 Å². The molecule has 0 fully saturated rings. The van der Waals surface area contributed by atoms with E-state index in [4.69, 9.17) is 11.6 Å². The van der Waals surface area contributed by atoms with Gasteiger partial charge in [0.2, 0.25) is 0 Å². The number of fused-ring (bicyclic) bond motifs is 1. The maximum absolute atomic E-state index is 13.0. The smallest absolute Gasteiger partial charge is 0.190 e. The van der Waals surface area contributed by atoms with Gasteiger partial charge in [0.15, 0.2) is 5.78 Å². The van der Waals surface area contributed by atoms with Crippen molar-refractivity contribution >= 4 is 23.5 Å². The van der Waals surface area contributed by atoms with Gasteiger partial charge in [0.05, 0.1) is 0 Å². The van der Waals surface area contributed by atoms with Gasteiger partial charge in [-0.05, 0) is 34.9 Å². The molecule has 3 aromatic rings. The number of ketones is 1. The second kappa shape index (κ2) is 6.10. The molecule has 0 aromatic heterocycles. The fourth-order valence-electron chi connectivity index (χ4n) is 3.30. The van der Waals surface area contributed by atoms with Crippen molar-refractivity contribution in [3.05, 3.63) is 112 Å². The van der Waals surface area contributed by atoms with E-state index in [0.29, 0.717) is 5.02 Å². The summed E-state index contributed by atoms with van der Waals surface area (Å²) in [5.41, 5.74) is 4.80. The Morgan fingerprint density at radius 3 is 2.21 bits per heavy atom. The first kappa shape index (κ1) is 14.9. The minimum absolute atomic E-state index is 0.0226. The van der Waals surface area contributed by atoms with Gasteiger partial charge >= 0.3 is 0 Å². The number of benzene rings is 3. The van der Waals surface area contributed by atoms with E-state index in [1.807, 2.05) is 72.8 Å². The van der Waals surface area contributed by atoms with Gasteiger partial charge in [-0.3, -0.25) is 4.79 Å². The molecule has 0 aliphatic heterocycles. The van der Waals surface area contributed by atoms with Crippen LogP contribution >= 0.6 is 11.6 Å². The molecular formula is C22H15ClO. The summed E-state index contributed by atoms with van der Waals surface area (Å²) in [4.78, 5) is 13.0. The lowest BCUT2D eigenvalue weighted by atomic mass is 9.89. The van der Waals surface area contributed by atoms with Crippen LogP contribution < -0.4 is 0 Å². The molecule has 0 radical (unpaired) electrons. The summed E-state index contributed by atoms with van der Waals surface area (Å²) >= 11 is 5.97. The quantitative estimate of drug-likeness (QED) is 0.546. The summed E-state index contributed by atoms with van der Waals surface area (Å²) in [6, 6.07) is 25.6. The molecule has 116 valence electrons. The van der Waals surface area contributed by atoms with E-state index in [-0.39, 0.29) is 11.7 Å². The normalized spacial score (nSPS) is 18.0. The summed E-state index contributed by atoms with van der Waals surface area (Å²) in [5, 5.41) is 0.692. The summed E-state index contributed by atoms with van der Waals surface area (Å²) in [7, 11) is 0. The Hall–Kier alpha value is -2.64. The van der Waals surface area contributed by atoms with Gasteiger partial charge in [-0.15, -0.1) is 0 Å². The Morgan fingerprint density at radius 1 is 0.792 bits per heavy atom. The highest BCUT2D eigenvalue weighted by Gasteiger charge is 2.35. The number of allylic oxidation sites excluding steroid dienone is 1. The van der Waals surface area contributed by atoms with Gasteiger partial charge in [-0.1, -0.05) is 78.3 Å². The SMILES string of the molecule is O=C1/C(=C\c2ccc(Cl)cc2)C(c2ccccc2)c2ccccc21. The molecule has 0 saturated carbocycles. The van der Waals surface area contributed by atoms with Crippen molar-refractivity contribution in [3.63, 3.8) is 0 Å². The van der Waals surface area contributed by atoms with Crippen molar-refractivity contribution in [2.45, 2.75) is 5.92 Å². The summed E-state index contributed by atoms with van der Waals surface area (Å²) in [6.07, 6.45) is 1.98. The monoisotopic (exact) mass is 330 g/mol. The molecule has 0 spiro atoms. The van der Waals surface area contributed by atoms with Gasteiger partial charge in [0, 0.05) is 22.1 Å². The summed E-state index contributed by atoms with van der Waals surface area (Å²) in [6.45, 7) is 0. The number of hydrogen-bond acceptors (Lipinski definition) is 1. The van der Waals surface area contributed by atoms with E-state index in [1.54, 1.807) is 0 Å². The Bertz CT molecular complexity index is 924. The molecule has 1 unspecified atom stereocenters. The standard InChI is InChI=1S/C22H15ClO/c23-17-12-10-15(11-13-17)14-20-21(16-6-2-1-3-7-16)18-8-4-5-9-19(18)22(20)24/h1-14,21H/b20-14-. The first-order valence-corrected chi connectivity index (χ1v) is 8.27. The third kappa shape index (κ3) is 2.57. The molecule has 1 nitrogen and oxygen atoms in total. The van der Waals surface area contributed by atoms with E-state index in [0.717, 1.165) is 27.8 Å². The molecule has 3 aromatic carbocycles. The molecular weight excluding hydrogens is 316 g/mol. The topological polar surface area (TPSA) is 17.1 Å². The van der Waals surface area contributed by atoms with Crippen LogP contribution in [0.2, 0.25) is 5.02 Å². The second-order valence-electron chi connectivity index (χ2n) is 5.91. The van der Waals surface area contributed by atoms with Gasteiger partial charge in [-0.25, -0.2) is 0 Å². The predicted molar refractivity (Wildman–Crippen MR) is 98.5 cm³/mol. The maximum atomic E-state index is 13.0. The molecule has 0 amide bonds. The van der Waals surface area contributed by atoms with Crippen LogP contribution in [0.5, 0.6) is 0 Å². The molecule has 1 aliphatic carbocycles. The van der Waals surface area contributed by atoms with Crippen LogP contribution in [0.1, 0.15) is 33.0 Å². The van der Waals surface area contributed by atoms with Crippen molar-refractivity contribution < 1.29 is 4.79 Å². The third-order valence-corrected chi connectivity index (χ3v) is 4.67. The average molecular weight is 331 g/mol. The van der Waals surface area contributed by atoms with E-state index >= 15 is 0 Å². The van der Waals surface area contributed by atoms with Gasteiger partial charge in [0.25, 0.3) is 0 Å². The average Bonchev–Trinajstić information content (AvgIpc) is 2.90. The third-order valence-electron chi connectivity index (χ3n) is 4.41. The molecule has 2 heteroatoms. The zero-order chi connectivity index (χ0) is 16.5. The highest BCUT2D eigenvalue weighted by atomic mass is 35.5. The van der Waals surface area contributed by atoms with Crippen LogP contribution in [-0.4, -0.2) is 5.78 Å². The predicted octanol–water partition coefficient (Wildman–Crippen LogP) is 5.75. The molecule has 0 bridgehead atoms. The minimum Gasteiger partial charge on any atom is -0.289 e. The lowest BCUT2D eigenvalue weighted by molar-refractivity contribution is 0.103. The van der Waals surface area contributed by atoms with Gasteiger partial charge < -0.3 is 0 Å².